The lowest BCUT2D eigenvalue weighted by atomic mass is 10.1. The Bertz CT molecular complexity index is 429. The SMILES string of the molecule is FC(F)(F)C(Cl)=Cc1cccc(C(F)(F)F)c1. The van der Waals surface area contributed by atoms with Crippen molar-refractivity contribution in [1.29, 1.82) is 0 Å². The van der Waals surface area contributed by atoms with Crippen LogP contribution >= 0.6 is 11.6 Å². The normalized spacial score (nSPS) is 13.9. The summed E-state index contributed by atoms with van der Waals surface area (Å²) in [5.41, 5.74) is -1.29. The molecular weight excluding hydrogens is 270 g/mol. The Hall–Kier alpha value is -1.17. The average molecular weight is 275 g/mol. The van der Waals surface area contributed by atoms with E-state index >= 15 is 0 Å². The van der Waals surface area contributed by atoms with Crippen LogP contribution in [-0.4, -0.2) is 6.18 Å². The van der Waals surface area contributed by atoms with E-state index < -0.39 is 22.9 Å². The van der Waals surface area contributed by atoms with Gasteiger partial charge in [-0.15, -0.1) is 0 Å². The molecule has 0 amide bonds. The molecule has 94 valence electrons. The van der Waals surface area contributed by atoms with Gasteiger partial charge in [-0.1, -0.05) is 23.7 Å². The third kappa shape index (κ3) is 3.96. The predicted octanol–water partition coefficient (Wildman–Crippen LogP) is 4.85. The highest BCUT2D eigenvalue weighted by Gasteiger charge is 2.33. The number of halogens is 7. The van der Waals surface area contributed by atoms with Gasteiger partial charge < -0.3 is 0 Å². The summed E-state index contributed by atoms with van der Waals surface area (Å²) in [5, 5.41) is -1.48. The van der Waals surface area contributed by atoms with E-state index in [1.54, 1.807) is 0 Å². The third-order valence-electron chi connectivity index (χ3n) is 1.78. The summed E-state index contributed by atoms with van der Waals surface area (Å²) in [6.07, 6.45) is -8.93. The van der Waals surface area contributed by atoms with Gasteiger partial charge in [0.25, 0.3) is 0 Å². The van der Waals surface area contributed by atoms with Crippen molar-refractivity contribution in [2.24, 2.45) is 0 Å². The molecule has 1 aromatic carbocycles. The zero-order valence-corrected chi connectivity index (χ0v) is 8.79. The number of alkyl halides is 6. The minimum Gasteiger partial charge on any atom is -0.166 e. The molecule has 0 radical (unpaired) electrons. The molecule has 0 heterocycles. The van der Waals surface area contributed by atoms with Gasteiger partial charge in [0.15, 0.2) is 0 Å². The van der Waals surface area contributed by atoms with Gasteiger partial charge in [-0.25, -0.2) is 0 Å². The van der Waals surface area contributed by atoms with Crippen LogP contribution in [0.15, 0.2) is 29.3 Å². The molecule has 0 aliphatic rings. The van der Waals surface area contributed by atoms with Gasteiger partial charge in [0.05, 0.1) is 5.56 Å². The smallest absolute Gasteiger partial charge is 0.166 e. The highest BCUT2D eigenvalue weighted by molar-refractivity contribution is 6.32. The first-order chi connectivity index (χ1) is 7.60. The van der Waals surface area contributed by atoms with Gasteiger partial charge >= 0.3 is 12.4 Å². The van der Waals surface area contributed by atoms with Gasteiger partial charge in [0.2, 0.25) is 0 Å². The van der Waals surface area contributed by atoms with Gasteiger partial charge in [-0.3, -0.25) is 0 Å². The molecular formula is C10H5ClF6. The van der Waals surface area contributed by atoms with Gasteiger partial charge in [0, 0.05) is 0 Å². The van der Waals surface area contributed by atoms with Crippen LogP contribution in [0, 0.1) is 0 Å². The first-order valence-electron chi connectivity index (χ1n) is 4.22. The van der Waals surface area contributed by atoms with E-state index in [4.69, 9.17) is 11.6 Å². The van der Waals surface area contributed by atoms with Crippen LogP contribution in [0.25, 0.3) is 6.08 Å². The van der Waals surface area contributed by atoms with E-state index in [0.717, 1.165) is 18.2 Å². The molecule has 0 aromatic heterocycles. The van der Waals surface area contributed by atoms with E-state index in [9.17, 15) is 26.3 Å². The molecule has 0 nitrogen and oxygen atoms in total. The summed E-state index contributed by atoms with van der Waals surface area (Å²) in [7, 11) is 0. The number of allylic oxidation sites excluding steroid dienone is 1. The zero-order chi connectivity index (χ0) is 13.3. The lowest BCUT2D eigenvalue weighted by Gasteiger charge is -2.08. The van der Waals surface area contributed by atoms with Crippen LogP contribution in [0.2, 0.25) is 0 Å². The number of hydrogen-bond donors (Lipinski definition) is 0. The molecule has 7 heteroatoms. The largest absolute Gasteiger partial charge is 0.426 e. The second-order valence-corrected chi connectivity index (χ2v) is 3.52. The molecule has 0 aliphatic carbocycles. The molecule has 0 saturated carbocycles. The molecule has 0 bridgehead atoms. The van der Waals surface area contributed by atoms with Crippen molar-refractivity contribution in [1.82, 2.24) is 0 Å². The molecule has 17 heavy (non-hydrogen) atoms. The summed E-state index contributed by atoms with van der Waals surface area (Å²) >= 11 is 4.91. The minimum absolute atomic E-state index is 0.262. The Kier molecular flexibility index (Phi) is 3.76. The molecule has 0 N–H and O–H groups in total. The summed E-state index contributed by atoms with van der Waals surface area (Å²) in [5.74, 6) is 0. The molecule has 0 fully saturated rings. The van der Waals surface area contributed by atoms with Crippen LogP contribution in [-0.2, 0) is 6.18 Å². The van der Waals surface area contributed by atoms with Crippen molar-refractivity contribution in [3.8, 4) is 0 Å². The molecule has 0 spiro atoms. The third-order valence-corrected chi connectivity index (χ3v) is 2.10. The molecule has 1 aromatic rings. The van der Waals surface area contributed by atoms with E-state index in [1.807, 2.05) is 0 Å². The quantitative estimate of drug-likeness (QED) is 0.642. The van der Waals surface area contributed by atoms with Crippen molar-refractivity contribution in [3.63, 3.8) is 0 Å². The lowest BCUT2D eigenvalue weighted by molar-refractivity contribution is -0.137. The summed E-state index contributed by atoms with van der Waals surface area (Å²) in [6.45, 7) is 0. The lowest BCUT2D eigenvalue weighted by Crippen LogP contribution is -2.07. The highest BCUT2D eigenvalue weighted by Crippen LogP contribution is 2.33. The van der Waals surface area contributed by atoms with E-state index in [-0.39, 0.29) is 5.56 Å². The zero-order valence-electron chi connectivity index (χ0n) is 8.03. The Morgan fingerprint density at radius 1 is 1.06 bits per heavy atom. The minimum atomic E-state index is -4.77. The Morgan fingerprint density at radius 3 is 2.12 bits per heavy atom. The second kappa shape index (κ2) is 4.60. The molecule has 0 atom stereocenters. The van der Waals surface area contributed by atoms with Crippen molar-refractivity contribution in [2.45, 2.75) is 12.4 Å². The van der Waals surface area contributed by atoms with Crippen molar-refractivity contribution < 1.29 is 26.3 Å². The van der Waals surface area contributed by atoms with Gasteiger partial charge in [0.1, 0.15) is 5.03 Å². The second-order valence-electron chi connectivity index (χ2n) is 3.11. The fourth-order valence-electron chi connectivity index (χ4n) is 1.03. The average Bonchev–Trinajstić information content (AvgIpc) is 2.15. The fourth-order valence-corrected chi connectivity index (χ4v) is 1.16. The highest BCUT2D eigenvalue weighted by atomic mass is 35.5. The maximum Gasteiger partial charge on any atom is 0.426 e. The molecule has 0 unspecified atom stereocenters. The standard InChI is InChI=1S/C10H5ClF6/c11-8(10(15,16)17)5-6-2-1-3-7(4-6)9(12,13)14/h1-5H. The van der Waals surface area contributed by atoms with E-state index in [2.05, 4.69) is 0 Å². The van der Waals surface area contributed by atoms with Crippen molar-refractivity contribution >= 4 is 17.7 Å². The monoisotopic (exact) mass is 274 g/mol. The number of hydrogen-bond acceptors (Lipinski definition) is 0. The molecule has 0 aliphatic heterocycles. The molecule has 1 rings (SSSR count). The van der Waals surface area contributed by atoms with Crippen LogP contribution in [0.4, 0.5) is 26.3 Å². The molecule has 0 saturated heterocycles. The maximum absolute atomic E-state index is 12.3. The van der Waals surface area contributed by atoms with Crippen LogP contribution < -0.4 is 0 Å². The maximum atomic E-state index is 12.3. The van der Waals surface area contributed by atoms with Gasteiger partial charge in [-0.05, 0) is 23.8 Å². The van der Waals surface area contributed by atoms with E-state index in [1.165, 1.54) is 0 Å². The first kappa shape index (κ1) is 13.9. The Labute approximate surface area is 97.5 Å². The number of rotatable bonds is 1. The van der Waals surface area contributed by atoms with Crippen LogP contribution in [0.1, 0.15) is 11.1 Å². The predicted molar refractivity (Wildman–Crippen MR) is 51.3 cm³/mol. The topological polar surface area (TPSA) is 0 Å². The fraction of sp³-hybridized carbons (Fsp3) is 0.200. The summed E-state index contributed by atoms with van der Waals surface area (Å²) in [4.78, 5) is 0. The van der Waals surface area contributed by atoms with Crippen molar-refractivity contribution in [3.05, 3.63) is 40.4 Å². The number of benzene rings is 1. The van der Waals surface area contributed by atoms with Crippen molar-refractivity contribution in [2.75, 3.05) is 0 Å². The van der Waals surface area contributed by atoms with Crippen LogP contribution in [0.3, 0.4) is 0 Å². The summed E-state index contributed by atoms with van der Waals surface area (Å²) < 4.78 is 72.9. The summed E-state index contributed by atoms with van der Waals surface area (Å²) in [6, 6.07) is 3.46. The van der Waals surface area contributed by atoms with Crippen LogP contribution in [0.5, 0.6) is 0 Å². The van der Waals surface area contributed by atoms with Gasteiger partial charge in [-0.2, -0.15) is 26.3 Å². The first-order valence-corrected chi connectivity index (χ1v) is 4.60. The Morgan fingerprint density at radius 2 is 1.65 bits per heavy atom. The van der Waals surface area contributed by atoms with E-state index in [0.29, 0.717) is 12.1 Å². The Balaban J connectivity index is 3.10.